The normalized spacial score (nSPS) is 24.3. The summed E-state index contributed by atoms with van der Waals surface area (Å²) in [5.41, 5.74) is -0.800. The van der Waals surface area contributed by atoms with Gasteiger partial charge in [0.05, 0.1) is 0 Å². The zero-order valence-electron chi connectivity index (χ0n) is 24.3. The number of ether oxygens (including phenoxy) is 2. The molecule has 6 nitrogen and oxygen atoms in total. The molecule has 0 unspecified atom stereocenters. The summed E-state index contributed by atoms with van der Waals surface area (Å²) in [6.45, 7) is 16.8. The molecule has 0 bridgehead atoms. The first-order valence-electron chi connectivity index (χ1n) is 14.0. The molecule has 202 valence electrons. The molecular weight excluding hydrogens is 450 g/mol. The van der Waals surface area contributed by atoms with E-state index in [-0.39, 0.29) is 46.3 Å². The van der Waals surface area contributed by atoms with Crippen molar-refractivity contribution in [2.45, 2.75) is 167 Å². The van der Waals surface area contributed by atoms with E-state index in [0.717, 1.165) is 64.2 Å². The van der Waals surface area contributed by atoms with Crippen LogP contribution in [0.15, 0.2) is 0 Å². The van der Waals surface area contributed by atoms with E-state index in [1.54, 1.807) is 0 Å². The number of hydrogen-bond acceptors (Lipinski definition) is 6. The molecule has 0 amide bonds. The fraction of sp³-hybridized carbons (Fsp3) is 0.929. The molecule has 2 fully saturated rings. The molecule has 0 aromatic carbocycles. The molecule has 2 heterocycles. The van der Waals surface area contributed by atoms with Crippen LogP contribution in [0.5, 0.6) is 0 Å². The zero-order valence-corrected chi connectivity index (χ0v) is 24.3. The molecule has 0 saturated carbocycles. The van der Waals surface area contributed by atoms with Crippen LogP contribution in [-0.4, -0.2) is 71.9 Å². The third-order valence-electron chi connectivity index (χ3n) is 8.13. The topological polar surface area (TPSA) is 59.1 Å². The SMILES string of the molecule is [B]N1C(C)(C)CC(OC(=O)CCCCCCCCC(=O)OC2CC(C)(C)N([B])C(C)(C)C2)CC1(C)C. The summed E-state index contributed by atoms with van der Waals surface area (Å²) in [6.07, 6.45) is 9.58. The predicted octanol–water partition coefficient (Wildman–Crippen LogP) is 5.40. The van der Waals surface area contributed by atoms with Gasteiger partial charge in [0.2, 0.25) is 0 Å². The second kappa shape index (κ2) is 12.2. The highest BCUT2D eigenvalue weighted by atomic mass is 16.5. The Morgan fingerprint density at radius 2 is 0.833 bits per heavy atom. The Kier molecular flexibility index (Phi) is 10.6. The van der Waals surface area contributed by atoms with Gasteiger partial charge in [-0.3, -0.25) is 9.59 Å². The van der Waals surface area contributed by atoms with Crippen LogP contribution in [-0.2, 0) is 19.1 Å². The van der Waals surface area contributed by atoms with Crippen LogP contribution in [0.3, 0.4) is 0 Å². The number of unbranched alkanes of at least 4 members (excludes halogenated alkanes) is 5. The molecule has 0 aliphatic carbocycles. The van der Waals surface area contributed by atoms with Gasteiger partial charge in [0.1, 0.15) is 12.2 Å². The lowest BCUT2D eigenvalue weighted by atomic mass is 9.75. The van der Waals surface area contributed by atoms with Crippen LogP contribution in [0.2, 0.25) is 0 Å². The van der Waals surface area contributed by atoms with E-state index in [2.05, 4.69) is 55.4 Å². The summed E-state index contributed by atoms with van der Waals surface area (Å²) < 4.78 is 11.6. The Bertz CT molecular complexity index is 656. The van der Waals surface area contributed by atoms with Crippen molar-refractivity contribution in [3.63, 3.8) is 0 Å². The van der Waals surface area contributed by atoms with Gasteiger partial charge in [-0.25, -0.2) is 0 Å². The van der Waals surface area contributed by atoms with E-state index < -0.39 is 0 Å². The highest BCUT2D eigenvalue weighted by Gasteiger charge is 2.44. The first kappa shape index (κ1) is 31.2. The van der Waals surface area contributed by atoms with Gasteiger partial charge in [0.25, 0.3) is 0 Å². The minimum Gasteiger partial charge on any atom is -0.462 e. The Morgan fingerprint density at radius 3 is 1.11 bits per heavy atom. The molecule has 2 aliphatic rings. The van der Waals surface area contributed by atoms with Crippen LogP contribution in [0, 0.1) is 0 Å². The van der Waals surface area contributed by atoms with E-state index in [1.165, 1.54) is 0 Å². The zero-order chi connectivity index (χ0) is 27.4. The van der Waals surface area contributed by atoms with Gasteiger partial charge in [-0.1, -0.05) is 25.7 Å². The van der Waals surface area contributed by atoms with Crippen molar-refractivity contribution < 1.29 is 19.1 Å². The second-order valence-electron chi connectivity index (χ2n) is 13.7. The maximum atomic E-state index is 12.4. The molecule has 0 aromatic heterocycles. The molecule has 2 rings (SSSR count). The second-order valence-corrected chi connectivity index (χ2v) is 13.7. The molecule has 4 radical (unpaired) electrons. The predicted molar refractivity (Wildman–Crippen MR) is 147 cm³/mol. The smallest absolute Gasteiger partial charge is 0.306 e. The molecule has 2 aliphatic heterocycles. The van der Waals surface area contributed by atoms with Gasteiger partial charge in [0.15, 0.2) is 16.0 Å². The fourth-order valence-corrected chi connectivity index (χ4v) is 6.31. The quantitative estimate of drug-likeness (QED) is 0.215. The third kappa shape index (κ3) is 8.79. The molecular formula is C28H50B2N2O4. The Balaban J connectivity index is 1.54. The summed E-state index contributed by atoms with van der Waals surface area (Å²) in [4.78, 5) is 28.5. The fourth-order valence-electron chi connectivity index (χ4n) is 6.31. The van der Waals surface area contributed by atoms with Crippen LogP contribution in [0.25, 0.3) is 0 Å². The molecule has 36 heavy (non-hydrogen) atoms. The van der Waals surface area contributed by atoms with Crippen molar-refractivity contribution in [1.29, 1.82) is 0 Å². The minimum atomic E-state index is -0.200. The van der Waals surface area contributed by atoms with E-state index in [1.807, 2.05) is 9.62 Å². The van der Waals surface area contributed by atoms with Crippen LogP contribution in [0.4, 0.5) is 0 Å². The Morgan fingerprint density at radius 1 is 0.583 bits per heavy atom. The first-order valence-corrected chi connectivity index (χ1v) is 14.0. The lowest BCUT2D eigenvalue weighted by molar-refractivity contribution is -0.157. The number of esters is 2. The van der Waals surface area contributed by atoms with Crippen LogP contribution in [0.1, 0.15) is 132 Å². The van der Waals surface area contributed by atoms with E-state index in [9.17, 15) is 9.59 Å². The van der Waals surface area contributed by atoms with Crippen LogP contribution < -0.4 is 0 Å². The summed E-state index contributed by atoms with van der Waals surface area (Å²) in [5, 5.41) is 0. The third-order valence-corrected chi connectivity index (χ3v) is 8.13. The molecule has 0 aromatic rings. The number of carbonyl (C=O) groups excluding carboxylic acids is 2. The number of piperidine rings is 2. The van der Waals surface area contributed by atoms with Crippen molar-refractivity contribution >= 4 is 27.9 Å². The molecule has 8 heteroatoms. The lowest BCUT2D eigenvalue weighted by Gasteiger charge is -2.54. The monoisotopic (exact) mass is 500 g/mol. The Hall–Kier alpha value is -1.01. The lowest BCUT2D eigenvalue weighted by Crippen LogP contribution is -2.61. The van der Waals surface area contributed by atoms with Crippen molar-refractivity contribution in [1.82, 2.24) is 9.62 Å². The van der Waals surface area contributed by atoms with Crippen molar-refractivity contribution in [3.05, 3.63) is 0 Å². The minimum absolute atomic E-state index is 0.0814. The summed E-state index contributed by atoms with van der Waals surface area (Å²) >= 11 is 0. The summed E-state index contributed by atoms with van der Waals surface area (Å²) in [6, 6.07) is 0. The average Bonchev–Trinajstić information content (AvgIpc) is 2.71. The maximum absolute atomic E-state index is 12.4. The first-order chi connectivity index (χ1) is 16.5. The largest absolute Gasteiger partial charge is 0.462 e. The van der Waals surface area contributed by atoms with Crippen molar-refractivity contribution in [3.8, 4) is 0 Å². The van der Waals surface area contributed by atoms with E-state index in [0.29, 0.717) is 12.8 Å². The summed E-state index contributed by atoms with van der Waals surface area (Å²) in [7, 11) is 12.6. The van der Waals surface area contributed by atoms with E-state index >= 15 is 0 Å². The number of nitrogens with zero attached hydrogens (tertiary/aromatic N) is 2. The molecule has 0 N–H and O–H groups in total. The summed E-state index contributed by atoms with van der Waals surface area (Å²) in [5.74, 6) is -0.210. The van der Waals surface area contributed by atoms with Gasteiger partial charge >= 0.3 is 11.9 Å². The molecule has 2 saturated heterocycles. The van der Waals surface area contributed by atoms with Gasteiger partial charge in [-0.05, 0) is 68.2 Å². The van der Waals surface area contributed by atoms with E-state index in [4.69, 9.17) is 25.4 Å². The average molecular weight is 500 g/mol. The number of carbonyl (C=O) groups is 2. The highest BCUT2D eigenvalue weighted by Crippen LogP contribution is 2.39. The highest BCUT2D eigenvalue weighted by molar-refractivity contribution is 6.05. The number of rotatable bonds is 11. The molecule has 0 atom stereocenters. The van der Waals surface area contributed by atoms with Gasteiger partial charge in [-0.15, -0.1) is 0 Å². The van der Waals surface area contributed by atoms with Gasteiger partial charge in [0, 0.05) is 60.7 Å². The van der Waals surface area contributed by atoms with Crippen LogP contribution >= 0.6 is 0 Å². The van der Waals surface area contributed by atoms with Crippen molar-refractivity contribution in [2.24, 2.45) is 0 Å². The number of hydrogen-bond donors (Lipinski definition) is 0. The molecule has 0 spiro atoms. The van der Waals surface area contributed by atoms with Gasteiger partial charge < -0.3 is 19.1 Å². The van der Waals surface area contributed by atoms with Crippen molar-refractivity contribution in [2.75, 3.05) is 0 Å². The standard InChI is InChI=1S/C28H50B2N2O4/c1-25(2)17-21(18-26(3,4)31(25)29)35-23(33)15-13-11-9-10-12-14-16-24(34)36-22-19-27(5,6)32(30)28(7,8)20-22/h21-22H,9-20H2,1-8H3. The Labute approximate surface area is 223 Å². The maximum Gasteiger partial charge on any atom is 0.306 e. The van der Waals surface area contributed by atoms with Gasteiger partial charge in [-0.2, -0.15) is 0 Å².